The number of carbonyl (C=O) groups excluding carboxylic acids is 1. The summed E-state index contributed by atoms with van der Waals surface area (Å²) in [6.07, 6.45) is 0. The number of fused-ring (bicyclic) bond motifs is 1. The number of thiophene rings is 1. The Morgan fingerprint density at radius 2 is 1.80 bits per heavy atom. The van der Waals surface area contributed by atoms with Gasteiger partial charge in [0.2, 0.25) is 5.78 Å². The minimum atomic E-state index is -0.487. The Hall–Kier alpha value is -1.78. The zero-order chi connectivity index (χ0) is 14.3. The summed E-state index contributed by atoms with van der Waals surface area (Å²) < 4.78 is 26.9. The van der Waals surface area contributed by atoms with Crippen molar-refractivity contribution in [2.24, 2.45) is 0 Å². The number of benzene rings is 2. The summed E-state index contributed by atoms with van der Waals surface area (Å²) in [6.45, 7) is 0. The van der Waals surface area contributed by atoms with Crippen molar-refractivity contribution in [2.75, 3.05) is 0 Å². The van der Waals surface area contributed by atoms with Crippen LogP contribution in [0.25, 0.3) is 10.1 Å². The Labute approximate surface area is 122 Å². The van der Waals surface area contributed by atoms with Gasteiger partial charge in [0, 0.05) is 15.6 Å². The minimum absolute atomic E-state index is 0.221. The highest BCUT2D eigenvalue weighted by molar-refractivity contribution is 7.21. The lowest BCUT2D eigenvalue weighted by molar-refractivity contribution is 0.104. The van der Waals surface area contributed by atoms with Crippen LogP contribution in [0.1, 0.15) is 15.2 Å². The van der Waals surface area contributed by atoms with Gasteiger partial charge in [-0.3, -0.25) is 4.79 Å². The number of hydrogen-bond acceptors (Lipinski definition) is 2. The molecule has 1 nitrogen and oxygen atoms in total. The molecule has 0 amide bonds. The van der Waals surface area contributed by atoms with Gasteiger partial charge in [-0.25, -0.2) is 8.78 Å². The van der Waals surface area contributed by atoms with Crippen LogP contribution in [0.15, 0.2) is 42.5 Å². The van der Waals surface area contributed by atoms with Gasteiger partial charge < -0.3 is 0 Å². The van der Waals surface area contributed by atoms with Crippen molar-refractivity contribution in [3.8, 4) is 0 Å². The maximum Gasteiger partial charge on any atom is 0.204 e. The number of halogens is 3. The number of carbonyl (C=O) groups is 1. The summed E-state index contributed by atoms with van der Waals surface area (Å²) in [6, 6.07) is 9.55. The molecule has 0 aliphatic heterocycles. The first-order chi connectivity index (χ1) is 9.56. The topological polar surface area (TPSA) is 17.1 Å². The molecule has 0 saturated carbocycles. The molecule has 0 bridgehead atoms. The second kappa shape index (κ2) is 4.96. The van der Waals surface area contributed by atoms with Gasteiger partial charge >= 0.3 is 0 Å². The Morgan fingerprint density at radius 3 is 2.55 bits per heavy atom. The van der Waals surface area contributed by atoms with E-state index in [1.807, 2.05) is 0 Å². The third-order valence-electron chi connectivity index (χ3n) is 2.88. The maximum absolute atomic E-state index is 13.2. The summed E-state index contributed by atoms with van der Waals surface area (Å²) >= 11 is 7.27. The van der Waals surface area contributed by atoms with Crippen LogP contribution in [0.3, 0.4) is 0 Å². The SMILES string of the molecule is O=C(c1cccc(F)c1)c1sc2cc(F)ccc2c1Cl. The lowest BCUT2D eigenvalue weighted by Crippen LogP contribution is -1.99. The third-order valence-corrected chi connectivity index (χ3v) is 4.54. The molecule has 0 N–H and O–H groups in total. The van der Waals surface area contributed by atoms with Crippen LogP contribution in [0.4, 0.5) is 8.78 Å². The Bertz CT molecular complexity index is 826. The van der Waals surface area contributed by atoms with Crippen molar-refractivity contribution in [1.29, 1.82) is 0 Å². The molecular formula is C15H7ClF2OS. The Morgan fingerprint density at radius 1 is 1.05 bits per heavy atom. The first-order valence-corrected chi connectivity index (χ1v) is 6.93. The molecule has 0 aliphatic rings. The molecule has 3 aromatic rings. The van der Waals surface area contributed by atoms with E-state index in [4.69, 9.17) is 11.6 Å². The quantitative estimate of drug-likeness (QED) is 0.604. The van der Waals surface area contributed by atoms with Gasteiger partial charge in [-0.2, -0.15) is 0 Å². The Kier molecular flexibility index (Phi) is 3.28. The van der Waals surface area contributed by atoms with E-state index in [2.05, 4.69) is 0 Å². The van der Waals surface area contributed by atoms with E-state index in [1.165, 1.54) is 36.4 Å². The van der Waals surface area contributed by atoms with E-state index < -0.39 is 5.82 Å². The van der Waals surface area contributed by atoms with Crippen molar-refractivity contribution in [3.63, 3.8) is 0 Å². The highest BCUT2D eigenvalue weighted by Gasteiger charge is 2.19. The predicted octanol–water partition coefficient (Wildman–Crippen LogP) is 5.06. The molecule has 0 atom stereocenters. The van der Waals surface area contributed by atoms with Crippen LogP contribution in [0, 0.1) is 11.6 Å². The maximum atomic E-state index is 13.2. The fourth-order valence-electron chi connectivity index (χ4n) is 1.95. The van der Waals surface area contributed by atoms with Crippen molar-refractivity contribution in [2.45, 2.75) is 0 Å². The van der Waals surface area contributed by atoms with Crippen molar-refractivity contribution >= 4 is 38.8 Å². The van der Waals surface area contributed by atoms with E-state index in [0.29, 0.717) is 10.1 Å². The van der Waals surface area contributed by atoms with Crippen LogP contribution in [-0.4, -0.2) is 5.78 Å². The minimum Gasteiger partial charge on any atom is -0.288 e. The smallest absolute Gasteiger partial charge is 0.204 e. The molecule has 1 aromatic heterocycles. The summed E-state index contributed by atoms with van der Waals surface area (Å²) in [5.41, 5.74) is 0.221. The van der Waals surface area contributed by atoms with Crippen LogP contribution in [-0.2, 0) is 0 Å². The molecule has 0 radical (unpaired) electrons. The van der Waals surface area contributed by atoms with E-state index in [9.17, 15) is 13.6 Å². The lowest BCUT2D eigenvalue weighted by Gasteiger charge is -1.99. The van der Waals surface area contributed by atoms with Crippen molar-refractivity contribution in [1.82, 2.24) is 0 Å². The molecule has 20 heavy (non-hydrogen) atoms. The molecule has 3 rings (SSSR count). The normalized spacial score (nSPS) is 10.9. The second-order valence-electron chi connectivity index (χ2n) is 4.23. The molecule has 0 saturated heterocycles. The monoisotopic (exact) mass is 308 g/mol. The van der Waals surface area contributed by atoms with E-state index in [0.717, 1.165) is 17.4 Å². The van der Waals surface area contributed by atoms with E-state index >= 15 is 0 Å². The first-order valence-electron chi connectivity index (χ1n) is 5.74. The van der Waals surface area contributed by atoms with Gasteiger partial charge in [-0.05, 0) is 30.3 Å². The number of ketones is 1. The summed E-state index contributed by atoms with van der Waals surface area (Å²) in [5.74, 6) is -1.24. The molecule has 0 fully saturated rings. The zero-order valence-corrected chi connectivity index (χ0v) is 11.6. The number of rotatable bonds is 2. The van der Waals surface area contributed by atoms with Gasteiger partial charge in [-0.15, -0.1) is 11.3 Å². The van der Waals surface area contributed by atoms with E-state index in [-0.39, 0.29) is 27.1 Å². The summed E-state index contributed by atoms with van der Waals surface area (Å²) in [5, 5.41) is 0.900. The predicted molar refractivity (Wildman–Crippen MR) is 76.6 cm³/mol. The highest BCUT2D eigenvalue weighted by Crippen LogP contribution is 2.37. The fourth-order valence-corrected chi connectivity index (χ4v) is 3.45. The molecule has 100 valence electrons. The Balaban J connectivity index is 2.14. The number of hydrogen-bond donors (Lipinski definition) is 0. The first kappa shape index (κ1) is 13.2. The van der Waals surface area contributed by atoms with Gasteiger partial charge in [0.1, 0.15) is 11.6 Å². The molecule has 0 aliphatic carbocycles. The molecular weight excluding hydrogens is 302 g/mol. The summed E-state index contributed by atoms with van der Waals surface area (Å²) in [4.78, 5) is 12.6. The van der Waals surface area contributed by atoms with Crippen molar-refractivity contribution in [3.05, 3.63) is 69.6 Å². The van der Waals surface area contributed by atoms with Crippen molar-refractivity contribution < 1.29 is 13.6 Å². The van der Waals surface area contributed by atoms with Crippen LogP contribution >= 0.6 is 22.9 Å². The molecule has 0 unspecified atom stereocenters. The molecule has 5 heteroatoms. The summed E-state index contributed by atoms with van der Waals surface area (Å²) in [7, 11) is 0. The van der Waals surface area contributed by atoms with Crippen LogP contribution in [0.2, 0.25) is 5.02 Å². The van der Waals surface area contributed by atoms with Gasteiger partial charge in [0.15, 0.2) is 0 Å². The molecule has 0 spiro atoms. The van der Waals surface area contributed by atoms with E-state index in [1.54, 1.807) is 0 Å². The largest absolute Gasteiger partial charge is 0.288 e. The average Bonchev–Trinajstić information content (AvgIpc) is 2.74. The fraction of sp³-hybridized carbons (Fsp3) is 0. The molecule has 2 aromatic carbocycles. The standard InChI is InChI=1S/C15H7ClF2OS/c16-13-11-5-4-10(18)7-12(11)20-15(13)14(19)8-2-1-3-9(17)6-8/h1-7H. The lowest BCUT2D eigenvalue weighted by atomic mass is 10.1. The second-order valence-corrected chi connectivity index (χ2v) is 5.66. The van der Waals surface area contributed by atoms with Gasteiger partial charge in [0.25, 0.3) is 0 Å². The molecule has 1 heterocycles. The zero-order valence-electron chi connectivity index (χ0n) is 9.99. The van der Waals surface area contributed by atoms with Crippen LogP contribution in [0.5, 0.6) is 0 Å². The van der Waals surface area contributed by atoms with Gasteiger partial charge in [0.05, 0.1) is 9.90 Å². The highest BCUT2D eigenvalue weighted by atomic mass is 35.5. The third kappa shape index (κ3) is 2.21. The average molecular weight is 309 g/mol. The van der Waals surface area contributed by atoms with Crippen LogP contribution < -0.4 is 0 Å². The van der Waals surface area contributed by atoms with Gasteiger partial charge in [-0.1, -0.05) is 23.7 Å².